The molecule has 0 bridgehead atoms. The minimum absolute atomic E-state index is 0.0153. The predicted molar refractivity (Wildman–Crippen MR) is 131 cm³/mol. The number of nitrogens with zero attached hydrogens (tertiary/aromatic N) is 4. The van der Waals surface area contributed by atoms with Gasteiger partial charge < -0.3 is 14.7 Å². The lowest BCUT2D eigenvalue weighted by Gasteiger charge is -2.29. The van der Waals surface area contributed by atoms with Crippen molar-refractivity contribution in [3.05, 3.63) is 85.5 Å². The van der Waals surface area contributed by atoms with Gasteiger partial charge in [-0.05, 0) is 29.8 Å². The summed E-state index contributed by atoms with van der Waals surface area (Å²) in [7, 11) is 0. The van der Waals surface area contributed by atoms with Crippen LogP contribution in [0.3, 0.4) is 0 Å². The van der Waals surface area contributed by atoms with Gasteiger partial charge >= 0.3 is 17.3 Å². The Morgan fingerprint density at radius 1 is 1.17 bits per heavy atom. The van der Waals surface area contributed by atoms with Crippen molar-refractivity contribution in [3.8, 4) is 0 Å². The zero-order chi connectivity index (χ0) is 25.8. The van der Waals surface area contributed by atoms with E-state index >= 15 is 0 Å². The van der Waals surface area contributed by atoms with Gasteiger partial charge in [0.15, 0.2) is 0 Å². The second kappa shape index (κ2) is 10.9. The van der Waals surface area contributed by atoms with Gasteiger partial charge in [0.25, 0.3) is 0 Å². The SMILES string of the molecule is C[C@@H](Cn1c(=O)[nH]/c(=N\c2ccc(N3CCOCC3)c(F)c2)n(Cc2ccc(Cl)cc2)c1=O)C(=O)O. The van der Waals surface area contributed by atoms with Gasteiger partial charge in [-0.1, -0.05) is 30.7 Å². The van der Waals surface area contributed by atoms with Gasteiger partial charge in [-0.2, -0.15) is 0 Å². The van der Waals surface area contributed by atoms with E-state index in [2.05, 4.69) is 9.98 Å². The van der Waals surface area contributed by atoms with Crippen molar-refractivity contribution >= 4 is 28.9 Å². The summed E-state index contributed by atoms with van der Waals surface area (Å²) in [6.07, 6.45) is 0. The molecule has 2 N–H and O–H groups in total. The summed E-state index contributed by atoms with van der Waals surface area (Å²) in [5, 5.41) is 9.75. The molecule has 1 aromatic heterocycles. The number of halogens is 2. The largest absolute Gasteiger partial charge is 0.481 e. The maximum Gasteiger partial charge on any atom is 0.335 e. The highest BCUT2D eigenvalue weighted by atomic mass is 35.5. The third-order valence-corrected chi connectivity index (χ3v) is 6.08. The molecule has 2 heterocycles. The molecule has 10 nitrogen and oxygen atoms in total. The van der Waals surface area contributed by atoms with Crippen molar-refractivity contribution in [3.63, 3.8) is 0 Å². The summed E-state index contributed by atoms with van der Waals surface area (Å²) in [5.41, 5.74) is -0.358. The molecule has 1 saturated heterocycles. The van der Waals surface area contributed by atoms with Gasteiger partial charge in [-0.15, -0.1) is 0 Å². The van der Waals surface area contributed by atoms with Crippen LogP contribution in [0.5, 0.6) is 0 Å². The second-order valence-corrected chi connectivity index (χ2v) is 8.88. The number of hydrogen-bond acceptors (Lipinski definition) is 6. The molecule has 4 rings (SSSR count). The summed E-state index contributed by atoms with van der Waals surface area (Å²) in [6.45, 7) is 3.23. The fourth-order valence-electron chi connectivity index (χ4n) is 3.82. The molecule has 1 aliphatic rings. The number of carbonyl (C=O) groups is 1. The Morgan fingerprint density at radius 2 is 1.86 bits per heavy atom. The summed E-state index contributed by atoms with van der Waals surface area (Å²) < 4.78 is 22.2. The number of aliphatic carboxylic acids is 1. The van der Waals surface area contributed by atoms with Crippen molar-refractivity contribution < 1.29 is 19.0 Å². The maximum atomic E-state index is 14.9. The molecule has 0 amide bonds. The minimum Gasteiger partial charge on any atom is -0.481 e. The van der Waals surface area contributed by atoms with Crippen LogP contribution >= 0.6 is 11.6 Å². The van der Waals surface area contributed by atoms with E-state index in [1.54, 1.807) is 36.4 Å². The number of carboxylic acid groups (broad SMARTS) is 1. The number of nitrogens with one attached hydrogen (secondary N) is 1. The van der Waals surface area contributed by atoms with E-state index in [1.165, 1.54) is 17.6 Å². The predicted octanol–water partition coefficient (Wildman–Crippen LogP) is 1.97. The standard InChI is InChI=1S/C24H25ClFN5O5/c1-15(21(32)33)13-31-23(34)28-22(30(24(31)35)14-16-2-4-17(25)5-3-16)27-18-6-7-20(19(26)12-18)29-8-10-36-11-9-29/h2-7,12,15H,8-11,13-14H2,1H3,(H,32,33)(H,27,28,34)/t15-/m0/s1. The number of hydrogen-bond donors (Lipinski definition) is 2. The normalized spacial score (nSPS) is 15.2. The van der Waals surface area contributed by atoms with Crippen molar-refractivity contribution in [2.75, 3.05) is 31.2 Å². The quantitative estimate of drug-likeness (QED) is 0.494. The van der Waals surface area contributed by atoms with E-state index in [0.29, 0.717) is 42.6 Å². The molecule has 12 heteroatoms. The Bertz CT molecular complexity index is 1440. The van der Waals surface area contributed by atoms with E-state index in [0.717, 1.165) is 4.57 Å². The van der Waals surface area contributed by atoms with Crippen LogP contribution in [0.2, 0.25) is 5.02 Å². The molecule has 0 radical (unpaired) electrons. The molecule has 0 spiro atoms. The topological polar surface area (TPSA) is 122 Å². The Kier molecular flexibility index (Phi) is 7.70. The van der Waals surface area contributed by atoms with Crippen molar-refractivity contribution in [2.45, 2.75) is 20.0 Å². The number of rotatable bonds is 7. The number of aromatic nitrogens is 3. The maximum absolute atomic E-state index is 14.9. The first-order valence-electron chi connectivity index (χ1n) is 11.3. The number of aromatic amines is 1. The fraction of sp³-hybridized carbons (Fsp3) is 0.333. The molecule has 1 aliphatic heterocycles. The molecule has 1 fully saturated rings. The molecule has 36 heavy (non-hydrogen) atoms. The highest BCUT2D eigenvalue weighted by Gasteiger charge is 2.18. The van der Waals surface area contributed by atoms with E-state index in [-0.39, 0.29) is 24.4 Å². The van der Waals surface area contributed by atoms with Gasteiger partial charge in [-0.25, -0.2) is 23.5 Å². The van der Waals surface area contributed by atoms with E-state index < -0.39 is 29.1 Å². The first kappa shape index (κ1) is 25.4. The smallest absolute Gasteiger partial charge is 0.335 e. The zero-order valence-corrected chi connectivity index (χ0v) is 20.2. The van der Waals surface area contributed by atoms with Crippen LogP contribution in [0.15, 0.2) is 57.0 Å². The van der Waals surface area contributed by atoms with Gasteiger partial charge in [0.2, 0.25) is 5.62 Å². The lowest BCUT2D eigenvalue weighted by atomic mass is 10.2. The third-order valence-electron chi connectivity index (χ3n) is 5.83. The first-order chi connectivity index (χ1) is 17.2. The van der Waals surface area contributed by atoms with E-state index in [4.69, 9.17) is 16.3 Å². The average molecular weight is 518 g/mol. The molecule has 1 atom stereocenters. The highest BCUT2D eigenvalue weighted by molar-refractivity contribution is 6.30. The van der Waals surface area contributed by atoms with Gasteiger partial charge in [0.05, 0.1) is 37.1 Å². The molecule has 3 aromatic rings. The first-order valence-corrected chi connectivity index (χ1v) is 11.7. The van der Waals surface area contributed by atoms with Crippen molar-refractivity contribution in [1.82, 2.24) is 14.1 Å². The number of morpholine rings is 1. The van der Waals surface area contributed by atoms with Crippen LogP contribution in [0.1, 0.15) is 12.5 Å². The molecule has 2 aromatic carbocycles. The number of H-pyrrole nitrogens is 1. The zero-order valence-electron chi connectivity index (χ0n) is 19.5. The van der Waals surface area contributed by atoms with E-state index in [9.17, 15) is 23.9 Å². The Balaban J connectivity index is 1.80. The van der Waals surface area contributed by atoms with Gasteiger partial charge in [0, 0.05) is 30.7 Å². The van der Waals surface area contributed by atoms with Crippen molar-refractivity contribution in [1.29, 1.82) is 0 Å². The molecular weight excluding hydrogens is 493 g/mol. The Morgan fingerprint density at radius 3 is 2.50 bits per heavy atom. The second-order valence-electron chi connectivity index (χ2n) is 8.45. The van der Waals surface area contributed by atoms with Gasteiger partial charge in [0.1, 0.15) is 5.82 Å². The Labute approximate surface area is 209 Å². The van der Waals surface area contributed by atoms with Gasteiger partial charge in [-0.3, -0.25) is 14.3 Å². The fourth-order valence-corrected chi connectivity index (χ4v) is 3.94. The lowest BCUT2D eigenvalue weighted by Crippen LogP contribution is -2.51. The van der Waals surface area contributed by atoms with Crippen molar-refractivity contribution in [2.24, 2.45) is 10.9 Å². The molecule has 190 valence electrons. The number of benzene rings is 2. The Hall–Kier alpha value is -3.70. The number of ether oxygens (including phenoxy) is 1. The van der Waals surface area contributed by atoms with Crippen LogP contribution in [0, 0.1) is 11.7 Å². The average Bonchev–Trinajstić information content (AvgIpc) is 2.85. The summed E-state index contributed by atoms with van der Waals surface area (Å²) in [6, 6.07) is 11.2. The summed E-state index contributed by atoms with van der Waals surface area (Å²) >= 11 is 5.96. The lowest BCUT2D eigenvalue weighted by molar-refractivity contribution is -0.141. The van der Waals surface area contributed by atoms with E-state index in [1.807, 2.05) is 4.90 Å². The van der Waals surface area contributed by atoms with Crippen LogP contribution in [0.4, 0.5) is 15.8 Å². The molecule has 0 aliphatic carbocycles. The summed E-state index contributed by atoms with van der Waals surface area (Å²) in [5.74, 6) is -2.61. The van der Waals surface area contributed by atoms with Crippen LogP contribution in [-0.4, -0.2) is 51.5 Å². The highest BCUT2D eigenvalue weighted by Crippen LogP contribution is 2.24. The molecular formula is C24H25ClFN5O5. The summed E-state index contributed by atoms with van der Waals surface area (Å²) in [4.78, 5) is 46.1. The number of anilines is 1. The third kappa shape index (κ3) is 5.74. The minimum atomic E-state index is -1.14. The van der Waals surface area contributed by atoms with Crippen LogP contribution in [-0.2, 0) is 22.6 Å². The number of carboxylic acids is 1. The van der Waals surface area contributed by atoms with Crippen LogP contribution < -0.4 is 21.9 Å². The van der Waals surface area contributed by atoms with Crippen LogP contribution in [0.25, 0.3) is 0 Å². The molecule has 0 unspecified atom stereocenters. The molecule has 0 saturated carbocycles. The monoisotopic (exact) mass is 517 g/mol.